The second-order valence-corrected chi connectivity index (χ2v) is 4.95. The Labute approximate surface area is 99.2 Å². The summed E-state index contributed by atoms with van der Waals surface area (Å²) in [6.07, 6.45) is 2.16. The van der Waals surface area contributed by atoms with Crippen LogP contribution >= 0.6 is 11.6 Å². The molecule has 2 nitrogen and oxygen atoms in total. The molecule has 4 heteroatoms. The van der Waals surface area contributed by atoms with Crippen molar-refractivity contribution in [3.8, 4) is 0 Å². The van der Waals surface area contributed by atoms with Crippen molar-refractivity contribution < 1.29 is 9.50 Å². The highest BCUT2D eigenvalue weighted by atomic mass is 35.5. The predicted molar refractivity (Wildman–Crippen MR) is 61.8 cm³/mol. The molecule has 1 aliphatic rings. The molecule has 3 N–H and O–H groups in total. The summed E-state index contributed by atoms with van der Waals surface area (Å²) in [5.74, 6) is -0.355. The Morgan fingerprint density at radius 1 is 1.38 bits per heavy atom. The molecular weight excluding hydrogens is 229 g/mol. The van der Waals surface area contributed by atoms with Gasteiger partial charge in [0.1, 0.15) is 5.82 Å². The summed E-state index contributed by atoms with van der Waals surface area (Å²) in [6, 6.07) is 4.59. The van der Waals surface area contributed by atoms with Gasteiger partial charge >= 0.3 is 0 Å². The van der Waals surface area contributed by atoms with E-state index in [2.05, 4.69) is 0 Å². The van der Waals surface area contributed by atoms with Crippen molar-refractivity contribution >= 4 is 11.6 Å². The van der Waals surface area contributed by atoms with Crippen molar-refractivity contribution in [3.63, 3.8) is 0 Å². The Kier molecular flexibility index (Phi) is 3.19. The number of aliphatic hydroxyl groups is 1. The van der Waals surface area contributed by atoms with E-state index in [1.807, 2.05) is 0 Å². The molecule has 0 atom stereocenters. The van der Waals surface area contributed by atoms with E-state index in [9.17, 15) is 9.50 Å². The molecule has 0 heterocycles. The Morgan fingerprint density at radius 3 is 2.56 bits per heavy atom. The fourth-order valence-corrected chi connectivity index (χ4v) is 2.44. The van der Waals surface area contributed by atoms with Gasteiger partial charge in [0.15, 0.2) is 0 Å². The van der Waals surface area contributed by atoms with Gasteiger partial charge in [-0.1, -0.05) is 17.7 Å². The Bertz CT molecular complexity index is 389. The van der Waals surface area contributed by atoms with Crippen molar-refractivity contribution in [2.24, 2.45) is 5.73 Å². The van der Waals surface area contributed by atoms with Gasteiger partial charge in [-0.05, 0) is 37.8 Å². The average Bonchev–Trinajstić information content (AvgIpc) is 2.22. The number of hydrogen-bond acceptors (Lipinski definition) is 2. The third-order valence-electron chi connectivity index (χ3n) is 3.31. The number of halogens is 2. The second-order valence-electron chi connectivity index (χ2n) is 4.51. The number of rotatable bonds is 1. The lowest BCUT2D eigenvalue weighted by molar-refractivity contribution is 0.0957. The Hall–Kier alpha value is -0.640. The zero-order valence-corrected chi connectivity index (χ0v) is 9.67. The van der Waals surface area contributed by atoms with Crippen LogP contribution in [0.5, 0.6) is 0 Å². The van der Waals surface area contributed by atoms with E-state index in [1.165, 1.54) is 6.07 Å². The molecule has 0 radical (unpaired) electrons. The van der Waals surface area contributed by atoms with E-state index in [0.29, 0.717) is 36.3 Å². The molecular formula is C12H15ClFNO. The van der Waals surface area contributed by atoms with Crippen molar-refractivity contribution in [2.75, 3.05) is 0 Å². The first kappa shape index (κ1) is 11.8. The summed E-state index contributed by atoms with van der Waals surface area (Å²) in [5.41, 5.74) is 6.04. The van der Waals surface area contributed by atoms with Crippen LogP contribution in [-0.4, -0.2) is 11.2 Å². The SMILES string of the molecule is NC1(c2ccc(Cl)cc2F)CCC(O)CC1. The summed E-state index contributed by atoms with van der Waals surface area (Å²) >= 11 is 5.70. The molecule has 0 bridgehead atoms. The number of aliphatic hydroxyl groups excluding tert-OH is 1. The van der Waals surface area contributed by atoms with Gasteiger partial charge in [0.25, 0.3) is 0 Å². The molecule has 1 aliphatic carbocycles. The van der Waals surface area contributed by atoms with Crippen LogP contribution < -0.4 is 5.73 Å². The summed E-state index contributed by atoms with van der Waals surface area (Å²) in [4.78, 5) is 0. The third-order valence-corrected chi connectivity index (χ3v) is 3.55. The van der Waals surface area contributed by atoms with E-state index in [1.54, 1.807) is 12.1 Å². The number of benzene rings is 1. The highest BCUT2D eigenvalue weighted by Gasteiger charge is 2.34. The molecule has 1 aromatic rings. The molecule has 0 aromatic heterocycles. The molecule has 2 rings (SSSR count). The standard InChI is InChI=1S/C12H15ClFNO/c13-8-1-2-10(11(14)7-8)12(15)5-3-9(16)4-6-12/h1-2,7,9,16H,3-6,15H2. The van der Waals surface area contributed by atoms with Crippen molar-refractivity contribution in [2.45, 2.75) is 37.3 Å². The fourth-order valence-electron chi connectivity index (χ4n) is 2.28. The van der Waals surface area contributed by atoms with Crippen molar-refractivity contribution in [1.29, 1.82) is 0 Å². The van der Waals surface area contributed by atoms with Crippen LogP contribution in [0.25, 0.3) is 0 Å². The van der Waals surface area contributed by atoms with Gasteiger partial charge in [0.05, 0.1) is 6.10 Å². The molecule has 0 spiro atoms. The van der Waals surface area contributed by atoms with Crippen LogP contribution in [0.4, 0.5) is 4.39 Å². The zero-order valence-electron chi connectivity index (χ0n) is 8.92. The Balaban J connectivity index is 2.29. The van der Waals surface area contributed by atoms with E-state index >= 15 is 0 Å². The molecule has 16 heavy (non-hydrogen) atoms. The third kappa shape index (κ3) is 2.21. The van der Waals surface area contributed by atoms with Crippen molar-refractivity contribution in [1.82, 2.24) is 0 Å². The number of nitrogens with two attached hydrogens (primary N) is 1. The molecule has 0 saturated heterocycles. The first-order valence-electron chi connectivity index (χ1n) is 5.44. The maximum atomic E-state index is 13.8. The van der Waals surface area contributed by atoms with Gasteiger partial charge in [0, 0.05) is 16.1 Å². The maximum Gasteiger partial charge on any atom is 0.129 e. The van der Waals surface area contributed by atoms with Gasteiger partial charge in [-0.2, -0.15) is 0 Å². The normalized spacial score (nSPS) is 30.4. The fraction of sp³-hybridized carbons (Fsp3) is 0.500. The van der Waals surface area contributed by atoms with Crippen LogP contribution in [0, 0.1) is 5.82 Å². The second kappa shape index (κ2) is 4.32. The van der Waals surface area contributed by atoms with Gasteiger partial charge in [-0.25, -0.2) is 4.39 Å². The quantitative estimate of drug-likeness (QED) is 0.796. The Morgan fingerprint density at radius 2 is 2.00 bits per heavy atom. The molecule has 1 saturated carbocycles. The van der Waals surface area contributed by atoms with E-state index < -0.39 is 5.54 Å². The minimum absolute atomic E-state index is 0.299. The van der Waals surface area contributed by atoms with Crippen LogP contribution in [0.15, 0.2) is 18.2 Å². The van der Waals surface area contributed by atoms with Crippen LogP contribution in [0.1, 0.15) is 31.2 Å². The highest BCUT2D eigenvalue weighted by molar-refractivity contribution is 6.30. The summed E-state index contributed by atoms with van der Waals surface area (Å²) in [7, 11) is 0. The zero-order chi connectivity index (χ0) is 11.8. The van der Waals surface area contributed by atoms with Crippen molar-refractivity contribution in [3.05, 3.63) is 34.6 Å². The summed E-state index contributed by atoms with van der Waals surface area (Å²) in [5, 5.41) is 9.81. The van der Waals surface area contributed by atoms with Crippen LogP contribution in [-0.2, 0) is 5.54 Å². The molecule has 1 fully saturated rings. The lowest BCUT2D eigenvalue weighted by Crippen LogP contribution is -2.42. The molecule has 88 valence electrons. The lowest BCUT2D eigenvalue weighted by Gasteiger charge is -2.36. The molecule has 0 aliphatic heterocycles. The molecule has 0 unspecified atom stereocenters. The highest BCUT2D eigenvalue weighted by Crippen LogP contribution is 2.36. The lowest BCUT2D eigenvalue weighted by atomic mass is 9.76. The maximum absolute atomic E-state index is 13.8. The number of hydrogen-bond donors (Lipinski definition) is 2. The van der Waals surface area contributed by atoms with Gasteiger partial charge in [0.2, 0.25) is 0 Å². The van der Waals surface area contributed by atoms with E-state index in [0.717, 1.165) is 0 Å². The van der Waals surface area contributed by atoms with Gasteiger partial charge in [-0.3, -0.25) is 0 Å². The van der Waals surface area contributed by atoms with Gasteiger partial charge in [-0.15, -0.1) is 0 Å². The topological polar surface area (TPSA) is 46.2 Å². The minimum Gasteiger partial charge on any atom is -0.393 e. The largest absolute Gasteiger partial charge is 0.393 e. The van der Waals surface area contributed by atoms with Crippen LogP contribution in [0.2, 0.25) is 5.02 Å². The van der Waals surface area contributed by atoms with E-state index in [4.69, 9.17) is 17.3 Å². The molecule has 1 aromatic carbocycles. The first-order chi connectivity index (χ1) is 7.51. The van der Waals surface area contributed by atoms with Crippen LogP contribution in [0.3, 0.4) is 0 Å². The summed E-state index contributed by atoms with van der Waals surface area (Å²) < 4.78 is 13.8. The van der Waals surface area contributed by atoms with E-state index in [-0.39, 0.29) is 11.9 Å². The average molecular weight is 244 g/mol. The summed E-state index contributed by atoms with van der Waals surface area (Å²) in [6.45, 7) is 0. The predicted octanol–water partition coefficient (Wildman–Crippen LogP) is 2.57. The first-order valence-corrected chi connectivity index (χ1v) is 5.81. The molecule has 0 amide bonds. The smallest absolute Gasteiger partial charge is 0.129 e. The van der Waals surface area contributed by atoms with Gasteiger partial charge < -0.3 is 10.8 Å². The minimum atomic E-state index is -0.659. The monoisotopic (exact) mass is 243 g/mol.